The van der Waals surface area contributed by atoms with E-state index in [2.05, 4.69) is 5.32 Å². The van der Waals surface area contributed by atoms with Crippen molar-refractivity contribution in [2.24, 2.45) is 0 Å². The van der Waals surface area contributed by atoms with Gasteiger partial charge >= 0.3 is 6.03 Å². The summed E-state index contributed by atoms with van der Waals surface area (Å²) in [5, 5.41) is 2.59. The standard InChI is InChI=1S/C6H12N2O.C2H6.H2/c1-7-6(9)8-4-2-3-5-8;1-2;/h2-5H2,1H3,(H,7,9);1-2H3;1H. The Bertz CT molecular complexity index is 114. The van der Waals surface area contributed by atoms with Gasteiger partial charge in [0.15, 0.2) is 0 Å². The largest absolute Gasteiger partial charge is 0.341 e. The number of carbonyl (C=O) groups is 1. The summed E-state index contributed by atoms with van der Waals surface area (Å²) in [4.78, 5) is 12.7. The van der Waals surface area contributed by atoms with E-state index in [9.17, 15) is 4.79 Å². The Balaban J connectivity index is 0. The lowest BCUT2D eigenvalue weighted by Crippen LogP contribution is -2.35. The molecule has 11 heavy (non-hydrogen) atoms. The third-order valence-electron chi connectivity index (χ3n) is 1.61. The van der Waals surface area contributed by atoms with Crippen LogP contribution < -0.4 is 5.32 Å². The highest BCUT2D eigenvalue weighted by atomic mass is 16.2. The van der Waals surface area contributed by atoms with Crippen molar-refractivity contribution in [1.82, 2.24) is 10.2 Å². The lowest BCUT2D eigenvalue weighted by Gasteiger charge is -2.13. The van der Waals surface area contributed by atoms with Gasteiger partial charge in [0.25, 0.3) is 0 Å². The molecule has 0 saturated carbocycles. The molecule has 0 bridgehead atoms. The molecular formula is C8H20N2O. The van der Waals surface area contributed by atoms with Crippen molar-refractivity contribution in [2.45, 2.75) is 26.7 Å². The molecule has 3 heteroatoms. The Morgan fingerprint density at radius 3 is 2.18 bits per heavy atom. The van der Waals surface area contributed by atoms with Gasteiger partial charge < -0.3 is 10.2 Å². The fraction of sp³-hybridized carbons (Fsp3) is 0.875. The Labute approximate surface area is 70.2 Å². The molecule has 2 amide bonds. The smallest absolute Gasteiger partial charge is 0.317 e. The number of nitrogens with one attached hydrogen (secondary N) is 1. The van der Waals surface area contributed by atoms with E-state index in [0.29, 0.717) is 0 Å². The quantitative estimate of drug-likeness (QED) is 0.574. The zero-order chi connectivity index (χ0) is 8.69. The number of amides is 2. The van der Waals surface area contributed by atoms with Crippen LogP contribution in [0.25, 0.3) is 0 Å². The fourth-order valence-corrected chi connectivity index (χ4v) is 1.08. The zero-order valence-corrected chi connectivity index (χ0v) is 7.68. The van der Waals surface area contributed by atoms with E-state index in [1.807, 2.05) is 18.7 Å². The molecule has 0 aromatic carbocycles. The Kier molecular flexibility index (Phi) is 5.61. The van der Waals surface area contributed by atoms with Crippen LogP contribution in [0.1, 0.15) is 28.1 Å². The third-order valence-corrected chi connectivity index (χ3v) is 1.61. The monoisotopic (exact) mass is 160 g/mol. The van der Waals surface area contributed by atoms with Crippen molar-refractivity contribution in [2.75, 3.05) is 20.1 Å². The molecule has 0 aliphatic carbocycles. The minimum atomic E-state index is 0. The van der Waals surface area contributed by atoms with Gasteiger partial charge in [-0.1, -0.05) is 13.8 Å². The molecule has 68 valence electrons. The first-order valence-corrected chi connectivity index (χ1v) is 4.31. The van der Waals surface area contributed by atoms with Gasteiger partial charge in [0.05, 0.1) is 0 Å². The first-order valence-electron chi connectivity index (χ1n) is 4.31. The van der Waals surface area contributed by atoms with Crippen LogP contribution in [0.2, 0.25) is 0 Å². The number of rotatable bonds is 0. The highest BCUT2D eigenvalue weighted by Gasteiger charge is 2.15. The van der Waals surface area contributed by atoms with E-state index in [4.69, 9.17) is 0 Å². The minimum Gasteiger partial charge on any atom is -0.341 e. The number of nitrogens with zero attached hydrogens (tertiary/aromatic N) is 1. The maximum absolute atomic E-state index is 10.8. The lowest BCUT2D eigenvalue weighted by atomic mass is 10.4. The molecule has 0 aromatic heterocycles. The summed E-state index contributed by atoms with van der Waals surface area (Å²) < 4.78 is 0. The third kappa shape index (κ3) is 3.25. The maximum atomic E-state index is 10.8. The van der Waals surface area contributed by atoms with Crippen molar-refractivity contribution in [1.29, 1.82) is 0 Å². The van der Waals surface area contributed by atoms with Gasteiger partial charge in [-0.3, -0.25) is 0 Å². The van der Waals surface area contributed by atoms with E-state index < -0.39 is 0 Å². The van der Waals surface area contributed by atoms with Crippen molar-refractivity contribution in [3.63, 3.8) is 0 Å². The molecule has 0 spiro atoms. The molecule has 1 saturated heterocycles. The highest BCUT2D eigenvalue weighted by Crippen LogP contribution is 2.06. The molecule has 1 aliphatic heterocycles. The number of urea groups is 1. The zero-order valence-electron chi connectivity index (χ0n) is 7.68. The van der Waals surface area contributed by atoms with Crippen LogP contribution >= 0.6 is 0 Å². The first-order chi connectivity index (χ1) is 5.34. The number of hydrogen-bond donors (Lipinski definition) is 1. The molecule has 1 N–H and O–H groups in total. The number of carbonyl (C=O) groups excluding carboxylic acids is 1. The fourth-order valence-electron chi connectivity index (χ4n) is 1.08. The summed E-state index contributed by atoms with van der Waals surface area (Å²) in [6.45, 7) is 5.86. The predicted molar refractivity (Wildman–Crippen MR) is 48.7 cm³/mol. The maximum Gasteiger partial charge on any atom is 0.317 e. The molecule has 0 atom stereocenters. The van der Waals surface area contributed by atoms with Crippen LogP contribution in [-0.2, 0) is 0 Å². The predicted octanol–water partition coefficient (Wildman–Crippen LogP) is 1.69. The average Bonchev–Trinajstić information content (AvgIpc) is 2.59. The number of hydrogen-bond acceptors (Lipinski definition) is 1. The summed E-state index contributed by atoms with van der Waals surface area (Å²) in [5.41, 5.74) is 0. The molecule has 1 heterocycles. The van der Waals surface area contributed by atoms with Crippen LogP contribution in [0.15, 0.2) is 0 Å². The van der Waals surface area contributed by atoms with E-state index in [0.717, 1.165) is 25.9 Å². The van der Waals surface area contributed by atoms with Crippen LogP contribution in [-0.4, -0.2) is 31.1 Å². The van der Waals surface area contributed by atoms with Crippen LogP contribution in [0, 0.1) is 0 Å². The summed E-state index contributed by atoms with van der Waals surface area (Å²) >= 11 is 0. The van der Waals surface area contributed by atoms with Crippen molar-refractivity contribution in [3.05, 3.63) is 0 Å². The van der Waals surface area contributed by atoms with Gasteiger partial charge in [-0.15, -0.1) is 0 Å². The van der Waals surface area contributed by atoms with Crippen LogP contribution in [0.5, 0.6) is 0 Å². The minimum absolute atomic E-state index is 0. The van der Waals surface area contributed by atoms with Crippen LogP contribution in [0.3, 0.4) is 0 Å². The molecule has 1 rings (SSSR count). The highest BCUT2D eigenvalue weighted by molar-refractivity contribution is 5.73. The summed E-state index contributed by atoms with van der Waals surface area (Å²) in [6, 6.07) is 0.0625. The van der Waals surface area contributed by atoms with Gasteiger partial charge in [0.1, 0.15) is 0 Å². The summed E-state index contributed by atoms with van der Waals surface area (Å²) in [7, 11) is 1.67. The van der Waals surface area contributed by atoms with Gasteiger partial charge in [-0.05, 0) is 12.8 Å². The van der Waals surface area contributed by atoms with E-state index in [-0.39, 0.29) is 7.46 Å². The second-order valence-electron chi connectivity index (χ2n) is 2.25. The molecule has 1 aliphatic rings. The van der Waals surface area contributed by atoms with E-state index in [1.54, 1.807) is 7.05 Å². The molecular weight excluding hydrogens is 140 g/mol. The lowest BCUT2D eigenvalue weighted by molar-refractivity contribution is 0.211. The molecule has 0 radical (unpaired) electrons. The van der Waals surface area contributed by atoms with E-state index >= 15 is 0 Å². The average molecular weight is 160 g/mol. The summed E-state index contributed by atoms with van der Waals surface area (Å²) in [5.74, 6) is 0. The van der Waals surface area contributed by atoms with Crippen LogP contribution in [0.4, 0.5) is 4.79 Å². The van der Waals surface area contributed by atoms with Gasteiger partial charge in [-0.25, -0.2) is 4.79 Å². The molecule has 3 nitrogen and oxygen atoms in total. The van der Waals surface area contributed by atoms with Crippen molar-refractivity contribution in [3.8, 4) is 0 Å². The normalized spacial score (nSPS) is 15.4. The van der Waals surface area contributed by atoms with E-state index in [1.165, 1.54) is 0 Å². The Hall–Kier alpha value is -0.730. The van der Waals surface area contributed by atoms with Gasteiger partial charge in [0.2, 0.25) is 0 Å². The molecule has 0 unspecified atom stereocenters. The van der Waals surface area contributed by atoms with Crippen molar-refractivity contribution >= 4 is 6.03 Å². The second-order valence-corrected chi connectivity index (χ2v) is 2.25. The summed E-state index contributed by atoms with van der Waals surface area (Å²) in [6.07, 6.45) is 2.32. The second kappa shape index (κ2) is 6.01. The topological polar surface area (TPSA) is 32.3 Å². The Morgan fingerprint density at radius 1 is 1.36 bits per heavy atom. The first kappa shape index (κ1) is 10.3. The SMILES string of the molecule is CC.CNC(=O)N1CCCC1.[HH]. The Morgan fingerprint density at radius 2 is 1.82 bits per heavy atom. The molecule has 1 fully saturated rings. The van der Waals surface area contributed by atoms with Crippen molar-refractivity contribution < 1.29 is 6.22 Å². The molecule has 0 aromatic rings. The number of likely N-dealkylation sites (tertiary alicyclic amines) is 1. The van der Waals surface area contributed by atoms with Gasteiger partial charge in [-0.2, -0.15) is 0 Å². The van der Waals surface area contributed by atoms with Gasteiger partial charge in [0, 0.05) is 21.6 Å².